The van der Waals surface area contributed by atoms with Crippen LogP contribution in [0.15, 0.2) is 90.0 Å². The maximum absolute atomic E-state index is 13.4. The van der Waals surface area contributed by atoms with Crippen LogP contribution in [0.1, 0.15) is 5.56 Å². The van der Waals surface area contributed by atoms with Gasteiger partial charge in [-0.1, -0.05) is 48.5 Å². The molecule has 0 spiro atoms. The van der Waals surface area contributed by atoms with Crippen molar-refractivity contribution >= 4 is 32.5 Å². The number of carbonyl (C=O) groups excluding carboxylic acids is 1. The summed E-state index contributed by atoms with van der Waals surface area (Å²) in [6.07, 6.45) is 1.67. The second kappa shape index (κ2) is 10.5. The van der Waals surface area contributed by atoms with Crippen LogP contribution in [-0.2, 0) is 21.2 Å². The van der Waals surface area contributed by atoms with Gasteiger partial charge < -0.3 is 14.8 Å². The van der Waals surface area contributed by atoms with Gasteiger partial charge in [-0.15, -0.1) is 0 Å². The van der Waals surface area contributed by atoms with Crippen LogP contribution in [0, 0.1) is 0 Å². The molecule has 35 heavy (non-hydrogen) atoms. The molecule has 0 fully saturated rings. The van der Waals surface area contributed by atoms with Crippen LogP contribution in [-0.4, -0.2) is 39.6 Å². The number of methoxy groups -OCH3 is 2. The molecule has 0 aliphatic heterocycles. The Hall–Kier alpha value is -3.95. The number of anilines is 1. The summed E-state index contributed by atoms with van der Waals surface area (Å²) in [6.45, 7) is 0. The second-order valence-corrected chi connectivity index (χ2v) is 9.43. The van der Waals surface area contributed by atoms with Crippen molar-refractivity contribution in [3.8, 4) is 11.5 Å². The van der Waals surface area contributed by atoms with E-state index in [9.17, 15) is 13.2 Å². The molecule has 0 radical (unpaired) electrons. The second-order valence-electron chi connectivity index (χ2n) is 7.75. The van der Waals surface area contributed by atoms with Crippen LogP contribution in [0.3, 0.4) is 0 Å². The molecule has 1 aromatic heterocycles. The zero-order chi connectivity index (χ0) is 24.8. The molecule has 0 aliphatic carbocycles. The minimum absolute atomic E-state index is 0.00323. The number of amides is 1. The fourth-order valence-electron chi connectivity index (χ4n) is 3.70. The monoisotopic (exact) mass is 491 g/mol. The summed E-state index contributed by atoms with van der Waals surface area (Å²) in [5, 5.41) is 3.47. The van der Waals surface area contributed by atoms with Crippen LogP contribution >= 0.6 is 0 Å². The van der Waals surface area contributed by atoms with Crippen molar-refractivity contribution < 1.29 is 22.7 Å². The van der Waals surface area contributed by atoms with Gasteiger partial charge in [0.25, 0.3) is 0 Å². The van der Waals surface area contributed by atoms with Gasteiger partial charge in [0.2, 0.25) is 15.9 Å². The predicted octanol–water partition coefficient (Wildman–Crippen LogP) is 3.78. The van der Waals surface area contributed by atoms with Crippen LogP contribution in [0.4, 0.5) is 5.69 Å². The highest BCUT2D eigenvalue weighted by Crippen LogP contribution is 2.29. The van der Waals surface area contributed by atoms with E-state index in [-0.39, 0.29) is 11.3 Å². The zero-order valence-corrected chi connectivity index (χ0v) is 20.1. The largest absolute Gasteiger partial charge is 0.497 e. The van der Waals surface area contributed by atoms with Crippen molar-refractivity contribution in [3.63, 3.8) is 0 Å². The molecule has 180 valence electrons. The molecule has 1 heterocycles. The average molecular weight is 492 g/mol. The highest BCUT2D eigenvalue weighted by molar-refractivity contribution is 7.89. The Labute approximate surface area is 204 Å². The lowest BCUT2D eigenvalue weighted by atomic mass is 10.1. The minimum atomic E-state index is -4.09. The standard InChI is InChI=1S/C26H25N3O5S/c1-33-20-13-14-21(23(17-20)34-2)28-26(30)22(16-18-8-4-3-5-9-18)29-35(31,32)24-12-6-10-19-11-7-15-27-25(19)24/h3-15,17,22,29H,16H2,1-2H3,(H,28,30)/t22-/m0/s1. The third kappa shape index (κ3) is 5.59. The van der Waals surface area contributed by atoms with Gasteiger partial charge in [-0.05, 0) is 36.2 Å². The van der Waals surface area contributed by atoms with E-state index in [1.54, 1.807) is 42.5 Å². The van der Waals surface area contributed by atoms with Crippen molar-refractivity contribution in [1.29, 1.82) is 0 Å². The van der Waals surface area contributed by atoms with E-state index in [2.05, 4.69) is 15.0 Å². The van der Waals surface area contributed by atoms with Crippen LogP contribution in [0.25, 0.3) is 10.9 Å². The number of pyridine rings is 1. The Bertz CT molecular complexity index is 1440. The fraction of sp³-hybridized carbons (Fsp3) is 0.154. The van der Waals surface area contributed by atoms with Gasteiger partial charge in [-0.25, -0.2) is 8.42 Å². The quantitative estimate of drug-likeness (QED) is 0.369. The smallest absolute Gasteiger partial charge is 0.243 e. The average Bonchev–Trinajstić information content (AvgIpc) is 2.88. The Kier molecular flexibility index (Phi) is 7.28. The lowest BCUT2D eigenvalue weighted by Gasteiger charge is -2.20. The first-order valence-corrected chi connectivity index (χ1v) is 12.3. The SMILES string of the molecule is COc1ccc(NC(=O)[C@H](Cc2ccccc2)NS(=O)(=O)c2cccc3cccnc23)c(OC)c1. The van der Waals surface area contributed by atoms with E-state index >= 15 is 0 Å². The first-order valence-electron chi connectivity index (χ1n) is 10.8. The van der Waals surface area contributed by atoms with Crippen molar-refractivity contribution in [2.75, 3.05) is 19.5 Å². The van der Waals surface area contributed by atoms with E-state index in [1.807, 2.05) is 30.3 Å². The van der Waals surface area contributed by atoms with Crippen molar-refractivity contribution in [1.82, 2.24) is 9.71 Å². The summed E-state index contributed by atoms with van der Waals surface area (Å²) in [4.78, 5) is 17.6. The lowest BCUT2D eigenvalue weighted by molar-refractivity contribution is -0.117. The molecule has 8 nitrogen and oxygen atoms in total. The molecular weight excluding hydrogens is 466 g/mol. The molecule has 0 bridgehead atoms. The molecule has 3 aromatic carbocycles. The number of rotatable bonds is 9. The number of hydrogen-bond acceptors (Lipinski definition) is 6. The summed E-state index contributed by atoms with van der Waals surface area (Å²) in [5.41, 5.74) is 1.52. The van der Waals surface area contributed by atoms with E-state index < -0.39 is 22.0 Å². The Balaban J connectivity index is 1.67. The van der Waals surface area contributed by atoms with E-state index in [1.165, 1.54) is 26.5 Å². The number of para-hydroxylation sites is 1. The van der Waals surface area contributed by atoms with Gasteiger partial charge in [-0.2, -0.15) is 4.72 Å². The Morgan fingerprint density at radius 2 is 1.71 bits per heavy atom. The molecular formula is C26H25N3O5S. The zero-order valence-electron chi connectivity index (χ0n) is 19.3. The third-order valence-corrected chi connectivity index (χ3v) is 6.95. The number of aromatic nitrogens is 1. The molecule has 4 aromatic rings. The minimum Gasteiger partial charge on any atom is -0.497 e. The number of fused-ring (bicyclic) bond motifs is 1. The van der Waals surface area contributed by atoms with E-state index in [4.69, 9.17) is 9.47 Å². The fourth-order valence-corrected chi connectivity index (χ4v) is 5.08. The maximum Gasteiger partial charge on any atom is 0.243 e. The molecule has 0 saturated heterocycles. The lowest BCUT2D eigenvalue weighted by Crippen LogP contribution is -2.45. The van der Waals surface area contributed by atoms with Gasteiger partial charge in [0, 0.05) is 17.6 Å². The molecule has 1 atom stereocenters. The molecule has 0 saturated carbocycles. The molecule has 0 unspecified atom stereocenters. The van der Waals surface area contributed by atoms with Crippen LogP contribution in [0.2, 0.25) is 0 Å². The predicted molar refractivity (Wildman–Crippen MR) is 134 cm³/mol. The molecule has 2 N–H and O–H groups in total. The Morgan fingerprint density at radius 3 is 2.46 bits per heavy atom. The van der Waals surface area contributed by atoms with Gasteiger partial charge in [0.15, 0.2) is 0 Å². The number of hydrogen-bond donors (Lipinski definition) is 2. The van der Waals surface area contributed by atoms with Crippen molar-refractivity contribution in [2.24, 2.45) is 0 Å². The topological polar surface area (TPSA) is 107 Å². The molecule has 9 heteroatoms. The number of ether oxygens (including phenoxy) is 2. The highest BCUT2D eigenvalue weighted by Gasteiger charge is 2.28. The number of nitrogens with zero attached hydrogens (tertiary/aromatic N) is 1. The Morgan fingerprint density at radius 1 is 0.943 bits per heavy atom. The molecule has 4 rings (SSSR count). The van der Waals surface area contributed by atoms with Crippen molar-refractivity contribution in [3.05, 3.63) is 90.6 Å². The maximum atomic E-state index is 13.4. The van der Waals surface area contributed by atoms with Crippen LogP contribution in [0.5, 0.6) is 11.5 Å². The summed E-state index contributed by atoms with van der Waals surface area (Å²) in [6, 6.07) is 21.5. The highest BCUT2D eigenvalue weighted by atomic mass is 32.2. The summed E-state index contributed by atoms with van der Waals surface area (Å²) >= 11 is 0. The summed E-state index contributed by atoms with van der Waals surface area (Å²) < 4.78 is 40.0. The van der Waals surface area contributed by atoms with Crippen LogP contribution < -0.4 is 19.5 Å². The molecule has 1 amide bonds. The van der Waals surface area contributed by atoms with E-state index in [0.717, 1.165) is 5.56 Å². The van der Waals surface area contributed by atoms with Crippen molar-refractivity contribution in [2.45, 2.75) is 17.4 Å². The number of sulfonamides is 1. The molecule has 0 aliphatic rings. The first kappa shape index (κ1) is 24.2. The van der Waals surface area contributed by atoms with Gasteiger partial charge in [0.05, 0.1) is 25.4 Å². The van der Waals surface area contributed by atoms with Gasteiger partial charge in [-0.3, -0.25) is 9.78 Å². The number of nitrogens with one attached hydrogen (secondary N) is 2. The van der Waals surface area contributed by atoms with Gasteiger partial charge in [0.1, 0.15) is 22.4 Å². The summed E-state index contributed by atoms with van der Waals surface area (Å²) in [7, 11) is -1.09. The first-order chi connectivity index (χ1) is 16.9. The number of benzene rings is 3. The van der Waals surface area contributed by atoms with E-state index in [0.29, 0.717) is 28.1 Å². The normalized spacial score (nSPS) is 12.2. The number of carbonyl (C=O) groups is 1. The third-order valence-electron chi connectivity index (χ3n) is 5.45. The summed E-state index contributed by atoms with van der Waals surface area (Å²) in [5.74, 6) is 0.413. The van der Waals surface area contributed by atoms with Gasteiger partial charge >= 0.3 is 0 Å².